The summed E-state index contributed by atoms with van der Waals surface area (Å²) in [5.74, 6) is 1.30. The molecule has 0 fully saturated rings. The van der Waals surface area contributed by atoms with E-state index in [2.05, 4.69) is 57.3 Å². The minimum atomic E-state index is -0.374. The van der Waals surface area contributed by atoms with Crippen LogP contribution in [-0.4, -0.2) is 18.7 Å². The average molecular weight is 501 g/mol. The number of nitrogens with one attached hydrogen (secondary N) is 1. The zero-order chi connectivity index (χ0) is 24.9. The predicted molar refractivity (Wildman–Crippen MR) is 139 cm³/mol. The number of carbonyl (C=O) groups excluding carboxylic acids is 1. The van der Waals surface area contributed by atoms with Gasteiger partial charge in [0.25, 0.3) is 5.91 Å². The number of hydrogen-bond donors (Lipinski definition) is 1. The third kappa shape index (κ3) is 7.37. The summed E-state index contributed by atoms with van der Waals surface area (Å²) in [5, 5.41) is 4.96. The summed E-state index contributed by atoms with van der Waals surface area (Å²) in [7, 11) is 0. The van der Waals surface area contributed by atoms with Crippen molar-refractivity contribution in [3.63, 3.8) is 0 Å². The molecule has 0 aliphatic heterocycles. The van der Waals surface area contributed by atoms with Crippen LogP contribution < -0.4 is 10.2 Å². The zero-order valence-corrected chi connectivity index (χ0v) is 21.6. The molecule has 5 nitrogen and oxygen atoms in total. The Balaban J connectivity index is 1.50. The van der Waals surface area contributed by atoms with Gasteiger partial charge in [-0.1, -0.05) is 70.0 Å². The first-order valence-electron chi connectivity index (χ1n) is 11.0. The van der Waals surface area contributed by atoms with E-state index in [0.717, 1.165) is 12.0 Å². The molecule has 34 heavy (non-hydrogen) atoms. The molecule has 0 radical (unpaired) electrons. The summed E-state index contributed by atoms with van der Waals surface area (Å²) < 4.78 is 11.3. The van der Waals surface area contributed by atoms with Crippen LogP contribution in [0.3, 0.4) is 0 Å². The summed E-state index contributed by atoms with van der Waals surface area (Å²) in [4.78, 5) is 12.1. The van der Waals surface area contributed by atoms with E-state index in [1.807, 2.05) is 12.1 Å². The number of nitrogens with zero attached hydrogens (tertiary/aromatic N) is 1. The van der Waals surface area contributed by atoms with Crippen LogP contribution in [0, 0.1) is 5.41 Å². The molecular formula is C27H30Cl2N2O3. The molecule has 180 valence electrons. The third-order valence-corrected chi connectivity index (χ3v) is 5.73. The van der Waals surface area contributed by atoms with Crippen molar-refractivity contribution < 1.29 is 13.9 Å². The standard InChI is InChI=1S/C27H30Cl2N2O3/c1-26(2,3)17-27(4,5)18-6-9-20(10-7-18)33-16-25(32)31-30-15-21-11-13-24(34-21)22-12-8-19(28)14-23(22)29/h6-15H,16-17H2,1-5H3,(H,31,32)/b30-15-. The molecule has 0 aliphatic carbocycles. The molecule has 0 aliphatic rings. The molecular weight excluding hydrogens is 471 g/mol. The molecule has 0 spiro atoms. The van der Waals surface area contributed by atoms with E-state index in [9.17, 15) is 4.79 Å². The molecule has 1 N–H and O–H groups in total. The zero-order valence-electron chi connectivity index (χ0n) is 20.1. The minimum Gasteiger partial charge on any atom is -0.484 e. The Hall–Kier alpha value is -2.76. The minimum absolute atomic E-state index is 0.0491. The van der Waals surface area contributed by atoms with Gasteiger partial charge in [0, 0.05) is 10.6 Å². The number of hydrazone groups is 1. The first-order valence-corrected chi connectivity index (χ1v) is 11.8. The van der Waals surface area contributed by atoms with Crippen LogP contribution >= 0.6 is 23.2 Å². The quantitative estimate of drug-likeness (QED) is 0.257. The lowest BCUT2D eigenvalue weighted by Gasteiger charge is -2.33. The lowest BCUT2D eigenvalue weighted by Crippen LogP contribution is -2.25. The van der Waals surface area contributed by atoms with Gasteiger partial charge in [-0.05, 0) is 65.3 Å². The van der Waals surface area contributed by atoms with Gasteiger partial charge in [-0.15, -0.1) is 0 Å². The molecule has 0 atom stereocenters. The van der Waals surface area contributed by atoms with Gasteiger partial charge >= 0.3 is 0 Å². The van der Waals surface area contributed by atoms with E-state index in [0.29, 0.717) is 27.3 Å². The Bertz CT molecular complexity index is 1160. The SMILES string of the molecule is CC(C)(C)CC(C)(C)c1ccc(OCC(=O)N/N=C\c2ccc(-c3ccc(Cl)cc3Cl)o2)cc1. The number of rotatable bonds is 8. The van der Waals surface area contributed by atoms with Crippen molar-refractivity contribution in [1.29, 1.82) is 0 Å². The number of amides is 1. The molecule has 1 aromatic heterocycles. The van der Waals surface area contributed by atoms with E-state index in [1.165, 1.54) is 11.8 Å². The first kappa shape index (κ1) is 25.9. The molecule has 0 saturated heterocycles. The van der Waals surface area contributed by atoms with E-state index >= 15 is 0 Å². The fraction of sp³-hybridized carbons (Fsp3) is 0.333. The van der Waals surface area contributed by atoms with Crippen molar-refractivity contribution >= 4 is 35.3 Å². The van der Waals surface area contributed by atoms with Crippen LogP contribution in [0.15, 0.2) is 64.1 Å². The highest BCUT2D eigenvalue weighted by Gasteiger charge is 2.27. The summed E-state index contributed by atoms with van der Waals surface area (Å²) in [6.07, 6.45) is 2.47. The predicted octanol–water partition coefficient (Wildman–Crippen LogP) is 7.50. The fourth-order valence-electron chi connectivity index (χ4n) is 4.04. The van der Waals surface area contributed by atoms with Gasteiger partial charge in [-0.3, -0.25) is 4.79 Å². The van der Waals surface area contributed by atoms with E-state index in [4.69, 9.17) is 32.4 Å². The van der Waals surface area contributed by atoms with Crippen molar-refractivity contribution in [2.75, 3.05) is 6.61 Å². The number of ether oxygens (including phenoxy) is 1. The third-order valence-electron chi connectivity index (χ3n) is 5.18. The summed E-state index contributed by atoms with van der Waals surface area (Å²) in [5.41, 5.74) is 4.67. The molecule has 7 heteroatoms. The smallest absolute Gasteiger partial charge is 0.277 e. The molecule has 3 aromatic rings. The van der Waals surface area contributed by atoms with Gasteiger partial charge in [0.15, 0.2) is 6.61 Å². The van der Waals surface area contributed by atoms with E-state index in [-0.39, 0.29) is 23.3 Å². The van der Waals surface area contributed by atoms with Crippen LogP contribution in [0.2, 0.25) is 10.0 Å². The first-order chi connectivity index (χ1) is 15.9. The maximum atomic E-state index is 12.1. The van der Waals surface area contributed by atoms with Crippen LogP contribution in [0.5, 0.6) is 5.75 Å². The largest absolute Gasteiger partial charge is 0.484 e. The van der Waals surface area contributed by atoms with Gasteiger partial charge < -0.3 is 9.15 Å². The van der Waals surface area contributed by atoms with Crippen LogP contribution in [0.4, 0.5) is 0 Å². The van der Waals surface area contributed by atoms with Crippen LogP contribution in [0.25, 0.3) is 11.3 Å². The summed E-state index contributed by atoms with van der Waals surface area (Å²) >= 11 is 12.1. The summed E-state index contributed by atoms with van der Waals surface area (Å²) in [6.45, 7) is 11.1. The average Bonchev–Trinajstić information content (AvgIpc) is 3.19. The van der Waals surface area contributed by atoms with Crippen molar-refractivity contribution in [3.05, 3.63) is 76.0 Å². The van der Waals surface area contributed by atoms with Crippen molar-refractivity contribution in [1.82, 2.24) is 5.43 Å². The van der Waals surface area contributed by atoms with Gasteiger partial charge in [0.1, 0.15) is 17.3 Å². The number of carbonyl (C=O) groups is 1. The topological polar surface area (TPSA) is 63.8 Å². The maximum absolute atomic E-state index is 12.1. The number of hydrogen-bond acceptors (Lipinski definition) is 4. The normalized spacial score (nSPS) is 12.2. The lowest BCUT2D eigenvalue weighted by molar-refractivity contribution is -0.123. The Labute approximate surface area is 211 Å². The lowest BCUT2D eigenvalue weighted by atomic mass is 9.72. The second-order valence-electron chi connectivity index (χ2n) is 10.1. The van der Waals surface area contributed by atoms with Crippen molar-refractivity contribution in [3.8, 4) is 17.1 Å². The van der Waals surface area contributed by atoms with Gasteiger partial charge in [0.05, 0.1) is 11.2 Å². The molecule has 3 rings (SSSR count). The monoisotopic (exact) mass is 500 g/mol. The van der Waals surface area contributed by atoms with Crippen molar-refractivity contribution in [2.45, 2.75) is 46.5 Å². The van der Waals surface area contributed by atoms with Gasteiger partial charge in [0.2, 0.25) is 0 Å². The molecule has 1 heterocycles. The Kier molecular flexibility index (Phi) is 8.11. The maximum Gasteiger partial charge on any atom is 0.277 e. The second-order valence-corrected chi connectivity index (χ2v) is 10.9. The molecule has 0 bridgehead atoms. The molecule has 0 unspecified atom stereocenters. The highest BCUT2D eigenvalue weighted by atomic mass is 35.5. The molecule has 1 amide bonds. The highest BCUT2D eigenvalue weighted by molar-refractivity contribution is 6.36. The van der Waals surface area contributed by atoms with Gasteiger partial charge in [-0.2, -0.15) is 5.10 Å². The number of furan rings is 1. The van der Waals surface area contributed by atoms with Crippen LogP contribution in [-0.2, 0) is 10.2 Å². The highest BCUT2D eigenvalue weighted by Crippen LogP contribution is 2.36. The number of halogens is 2. The van der Waals surface area contributed by atoms with Crippen LogP contribution in [0.1, 0.15) is 52.4 Å². The Morgan fingerprint density at radius 1 is 1.03 bits per heavy atom. The number of benzene rings is 2. The van der Waals surface area contributed by atoms with E-state index < -0.39 is 0 Å². The summed E-state index contributed by atoms with van der Waals surface area (Å²) in [6, 6.07) is 16.6. The second kappa shape index (κ2) is 10.7. The van der Waals surface area contributed by atoms with Gasteiger partial charge in [-0.25, -0.2) is 5.43 Å². The van der Waals surface area contributed by atoms with E-state index in [1.54, 1.807) is 30.3 Å². The Morgan fingerprint density at radius 2 is 1.74 bits per heavy atom. The Morgan fingerprint density at radius 3 is 2.38 bits per heavy atom. The molecule has 2 aromatic carbocycles. The molecule has 0 saturated carbocycles. The fourth-order valence-corrected chi connectivity index (χ4v) is 4.54. The van der Waals surface area contributed by atoms with Crippen molar-refractivity contribution in [2.24, 2.45) is 10.5 Å².